The van der Waals surface area contributed by atoms with Gasteiger partial charge in [-0.15, -0.1) is 0 Å². The van der Waals surface area contributed by atoms with Crippen LogP contribution < -0.4 is 16.0 Å². The van der Waals surface area contributed by atoms with Gasteiger partial charge in [0.15, 0.2) is 0 Å². The highest BCUT2D eigenvalue weighted by atomic mass is 19.1. The van der Waals surface area contributed by atoms with Crippen molar-refractivity contribution in [3.8, 4) is 0 Å². The Morgan fingerprint density at radius 3 is 2.86 bits per heavy atom. The van der Waals surface area contributed by atoms with Crippen molar-refractivity contribution in [2.24, 2.45) is 5.92 Å². The van der Waals surface area contributed by atoms with Gasteiger partial charge in [0.1, 0.15) is 5.82 Å². The van der Waals surface area contributed by atoms with Crippen LogP contribution in [0.4, 0.5) is 21.5 Å². The van der Waals surface area contributed by atoms with Gasteiger partial charge >= 0.3 is 0 Å². The first-order valence-electron chi connectivity index (χ1n) is 9.61. The lowest BCUT2D eigenvalue weighted by atomic mass is 10.00. The minimum Gasteiger partial charge on any atom is -0.385 e. The monoisotopic (exact) mass is 381 g/mol. The first kappa shape index (κ1) is 18.5. The molecule has 0 aliphatic carbocycles. The molecule has 2 aliphatic rings. The third-order valence-electron chi connectivity index (χ3n) is 5.31. The van der Waals surface area contributed by atoms with Gasteiger partial charge in [0, 0.05) is 42.9 Å². The number of hydrogen-bond donors (Lipinski definition) is 3. The highest BCUT2D eigenvalue weighted by Crippen LogP contribution is 2.33. The molecule has 2 aromatic carbocycles. The van der Waals surface area contributed by atoms with Crippen LogP contribution in [-0.2, 0) is 9.53 Å². The number of fused-ring (bicyclic) bond motifs is 1. The Morgan fingerprint density at radius 2 is 2.07 bits per heavy atom. The zero-order valence-electron chi connectivity index (χ0n) is 15.8. The van der Waals surface area contributed by atoms with Gasteiger partial charge in [-0.3, -0.25) is 4.79 Å². The van der Waals surface area contributed by atoms with Crippen molar-refractivity contribution in [3.05, 3.63) is 59.5 Å². The fourth-order valence-electron chi connectivity index (χ4n) is 3.66. The van der Waals surface area contributed by atoms with E-state index < -0.39 is 5.82 Å². The molecule has 5 nitrogen and oxygen atoms in total. The summed E-state index contributed by atoms with van der Waals surface area (Å²) in [4.78, 5) is 12.2. The van der Waals surface area contributed by atoms with Gasteiger partial charge in [0.25, 0.3) is 5.91 Å². The standard InChI is InChI=1S/C22H24FN3O2/c1-14-11-16(5-6-19(14)25-12-15-7-9-28-10-8-15)24-13-17-21-18(23)3-2-4-20(21)26-22(17)27/h2-6,11,13,15,24-25H,7-10,12H2,1H3,(H,26,27). The third kappa shape index (κ3) is 3.87. The number of rotatable bonds is 5. The van der Waals surface area contributed by atoms with Crippen LogP contribution in [0, 0.1) is 18.7 Å². The Bertz CT molecular complexity index is 920. The molecular weight excluding hydrogens is 357 g/mol. The molecule has 2 aromatic rings. The number of hydrogen-bond acceptors (Lipinski definition) is 4. The third-order valence-corrected chi connectivity index (χ3v) is 5.31. The minimum absolute atomic E-state index is 0.299. The first-order valence-corrected chi connectivity index (χ1v) is 9.61. The fourth-order valence-corrected chi connectivity index (χ4v) is 3.66. The van der Waals surface area contributed by atoms with Crippen molar-refractivity contribution >= 4 is 28.5 Å². The summed E-state index contributed by atoms with van der Waals surface area (Å²) in [7, 11) is 0. The summed E-state index contributed by atoms with van der Waals surface area (Å²) in [6.45, 7) is 4.68. The van der Waals surface area contributed by atoms with Crippen molar-refractivity contribution in [3.63, 3.8) is 0 Å². The molecular formula is C22H24FN3O2. The maximum absolute atomic E-state index is 14.1. The van der Waals surface area contributed by atoms with E-state index in [2.05, 4.69) is 16.0 Å². The van der Waals surface area contributed by atoms with Crippen LogP contribution in [0.15, 0.2) is 42.6 Å². The second kappa shape index (κ2) is 8.02. The second-order valence-electron chi connectivity index (χ2n) is 7.29. The molecule has 0 aromatic heterocycles. The summed E-state index contributed by atoms with van der Waals surface area (Å²) in [6.07, 6.45) is 3.76. The van der Waals surface area contributed by atoms with Crippen LogP contribution in [0.25, 0.3) is 5.57 Å². The molecule has 0 bridgehead atoms. The van der Waals surface area contributed by atoms with Crippen LogP contribution in [0.2, 0.25) is 0 Å². The Morgan fingerprint density at radius 1 is 1.25 bits per heavy atom. The van der Waals surface area contributed by atoms with Crippen molar-refractivity contribution < 1.29 is 13.9 Å². The Balaban J connectivity index is 1.44. The number of benzene rings is 2. The van der Waals surface area contributed by atoms with Crippen LogP contribution in [0.1, 0.15) is 24.0 Å². The maximum atomic E-state index is 14.1. The number of carbonyl (C=O) groups excluding carboxylic acids is 1. The molecule has 2 aliphatic heterocycles. The zero-order valence-corrected chi connectivity index (χ0v) is 15.8. The van der Waals surface area contributed by atoms with Crippen molar-refractivity contribution in [2.75, 3.05) is 35.7 Å². The summed E-state index contributed by atoms with van der Waals surface area (Å²) < 4.78 is 19.5. The number of ether oxygens (including phenoxy) is 1. The van der Waals surface area contributed by atoms with E-state index in [1.165, 1.54) is 6.07 Å². The number of anilines is 3. The van der Waals surface area contributed by atoms with E-state index in [0.717, 1.165) is 49.5 Å². The zero-order chi connectivity index (χ0) is 19.5. The van der Waals surface area contributed by atoms with E-state index in [4.69, 9.17) is 4.74 Å². The second-order valence-corrected chi connectivity index (χ2v) is 7.29. The van der Waals surface area contributed by atoms with E-state index in [1.807, 2.05) is 25.1 Å². The highest BCUT2D eigenvalue weighted by molar-refractivity contribution is 6.31. The molecule has 1 fully saturated rings. The Labute approximate surface area is 164 Å². The molecule has 0 spiro atoms. The normalized spacial score (nSPS) is 18.1. The van der Waals surface area contributed by atoms with E-state index in [9.17, 15) is 9.18 Å². The lowest BCUT2D eigenvalue weighted by Crippen LogP contribution is -2.22. The summed E-state index contributed by atoms with van der Waals surface area (Å²) in [6, 6.07) is 10.6. The molecule has 4 rings (SSSR count). The molecule has 6 heteroatoms. The molecule has 0 saturated carbocycles. The molecule has 1 amide bonds. The molecule has 0 atom stereocenters. The van der Waals surface area contributed by atoms with Gasteiger partial charge in [-0.25, -0.2) is 4.39 Å². The molecule has 0 unspecified atom stereocenters. The van der Waals surface area contributed by atoms with E-state index in [-0.39, 0.29) is 5.91 Å². The van der Waals surface area contributed by atoms with Gasteiger partial charge in [-0.2, -0.15) is 0 Å². The lowest BCUT2D eigenvalue weighted by Gasteiger charge is -2.23. The quantitative estimate of drug-likeness (QED) is 0.673. The summed E-state index contributed by atoms with van der Waals surface area (Å²) in [5.41, 5.74) is 4.16. The van der Waals surface area contributed by atoms with Gasteiger partial charge in [0.05, 0.1) is 11.3 Å². The Kier molecular flexibility index (Phi) is 5.30. The van der Waals surface area contributed by atoms with Gasteiger partial charge in [0.2, 0.25) is 0 Å². The summed E-state index contributed by atoms with van der Waals surface area (Å²) in [5.74, 6) is -0.0710. The van der Waals surface area contributed by atoms with Gasteiger partial charge in [-0.1, -0.05) is 6.07 Å². The lowest BCUT2D eigenvalue weighted by molar-refractivity contribution is -0.110. The molecule has 0 radical (unpaired) electrons. The van der Waals surface area contributed by atoms with E-state index in [1.54, 1.807) is 18.3 Å². The van der Waals surface area contributed by atoms with Crippen LogP contribution in [0.3, 0.4) is 0 Å². The highest BCUT2D eigenvalue weighted by Gasteiger charge is 2.27. The van der Waals surface area contributed by atoms with Crippen molar-refractivity contribution in [1.29, 1.82) is 0 Å². The van der Waals surface area contributed by atoms with Crippen LogP contribution in [-0.4, -0.2) is 25.7 Å². The van der Waals surface area contributed by atoms with Gasteiger partial charge < -0.3 is 20.7 Å². The first-order chi connectivity index (χ1) is 13.6. The number of amides is 1. The summed E-state index contributed by atoms with van der Waals surface area (Å²) in [5, 5.41) is 9.33. The van der Waals surface area contributed by atoms with Crippen molar-refractivity contribution in [2.45, 2.75) is 19.8 Å². The average molecular weight is 381 g/mol. The van der Waals surface area contributed by atoms with E-state index in [0.29, 0.717) is 22.7 Å². The number of aryl methyl sites for hydroxylation is 1. The van der Waals surface area contributed by atoms with Crippen LogP contribution in [0.5, 0.6) is 0 Å². The fraction of sp³-hybridized carbons (Fsp3) is 0.318. The summed E-state index contributed by atoms with van der Waals surface area (Å²) >= 11 is 0. The molecule has 146 valence electrons. The van der Waals surface area contributed by atoms with Crippen LogP contribution >= 0.6 is 0 Å². The predicted molar refractivity (Wildman–Crippen MR) is 110 cm³/mol. The SMILES string of the molecule is Cc1cc(NC=C2C(=O)Nc3cccc(F)c32)ccc1NCC1CCOCC1. The molecule has 2 heterocycles. The topological polar surface area (TPSA) is 62.4 Å². The number of nitrogens with one attached hydrogen (secondary N) is 3. The largest absolute Gasteiger partial charge is 0.385 e. The Hall–Kier alpha value is -2.86. The smallest absolute Gasteiger partial charge is 0.257 e. The number of carbonyl (C=O) groups is 1. The molecule has 28 heavy (non-hydrogen) atoms. The molecule has 3 N–H and O–H groups in total. The predicted octanol–water partition coefficient (Wildman–Crippen LogP) is 4.38. The van der Waals surface area contributed by atoms with Gasteiger partial charge in [-0.05, 0) is 61.6 Å². The van der Waals surface area contributed by atoms with E-state index >= 15 is 0 Å². The minimum atomic E-state index is -0.409. The average Bonchev–Trinajstić information content (AvgIpc) is 3.03. The maximum Gasteiger partial charge on any atom is 0.257 e. The number of halogens is 1. The van der Waals surface area contributed by atoms with Crippen molar-refractivity contribution in [1.82, 2.24) is 0 Å². The molecule has 1 saturated heterocycles.